The molecule has 1 saturated carbocycles. The fourth-order valence-corrected chi connectivity index (χ4v) is 3.39. The number of hydrogen-bond donors (Lipinski definition) is 2. The molecule has 1 fully saturated rings. The molecule has 21 heavy (non-hydrogen) atoms. The maximum absolute atomic E-state index is 12.3. The number of carbonyl (C=O) groups excluding carboxylic acids is 1. The van der Waals surface area contributed by atoms with Crippen molar-refractivity contribution in [3.05, 3.63) is 34.3 Å². The zero-order chi connectivity index (χ0) is 15.2. The molecule has 1 unspecified atom stereocenters. The summed E-state index contributed by atoms with van der Waals surface area (Å²) >= 11 is 6.12. The lowest BCUT2D eigenvalue weighted by atomic mass is 9.85. The molecule has 2 N–H and O–H groups in total. The molecule has 1 aliphatic carbocycles. The molecule has 0 heterocycles. The van der Waals surface area contributed by atoms with Gasteiger partial charge in [-0.15, -0.1) is 0 Å². The Morgan fingerprint density at radius 1 is 1.38 bits per heavy atom. The van der Waals surface area contributed by atoms with Crippen molar-refractivity contribution in [2.45, 2.75) is 51.5 Å². The molecule has 0 aliphatic heterocycles. The van der Waals surface area contributed by atoms with E-state index in [1.165, 1.54) is 32.1 Å². The number of rotatable bonds is 5. The van der Waals surface area contributed by atoms with Gasteiger partial charge in [0.15, 0.2) is 0 Å². The summed E-state index contributed by atoms with van der Waals surface area (Å²) in [6.45, 7) is 1.92. The minimum atomic E-state index is -0.199. The van der Waals surface area contributed by atoms with Crippen LogP contribution in [0.2, 0.25) is 5.02 Å². The SMILES string of the molecule is Cc1ccc(C(=O)NC(CO)CC2CCCCC2)c(Cl)c1. The van der Waals surface area contributed by atoms with E-state index < -0.39 is 0 Å². The maximum Gasteiger partial charge on any atom is 0.253 e. The molecular weight excluding hydrogens is 286 g/mol. The maximum atomic E-state index is 12.3. The van der Waals surface area contributed by atoms with Gasteiger partial charge in [0, 0.05) is 0 Å². The predicted octanol–water partition coefficient (Wildman–Crippen LogP) is 3.71. The lowest BCUT2D eigenvalue weighted by Gasteiger charge is -2.26. The summed E-state index contributed by atoms with van der Waals surface area (Å²) in [5.41, 5.74) is 1.50. The first-order valence-electron chi connectivity index (χ1n) is 7.78. The first-order chi connectivity index (χ1) is 10.1. The number of amides is 1. The van der Waals surface area contributed by atoms with E-state index in [4.69, 9.17) is 11.6 Å². The largest absolute Gasteiger partial charge is 0.394 e. The highest BCUT2D eigenvalue weighted by molar-refractivity contribution is 6.33. The van der Waals surface area contributed by atoms with Crippen LogP contribution in [0, 0.1) is 12.8 Å². The van der Waals surface area contributed by atoms with Crippen molar-refractivity contribution in [1.82, 2.24) is 5.32 Å². The summed E-state index contributed by atoms with van der Waals surface area (Å²) in [6, 6.07) is 5.21. The molecule has 0 bridgehead atoms. The molecule has 0 aromatic heterocycles. The van der Waals surface area contributed by atoms with Crippen molar-refractivity contribution in [3.63, 3.8) is 0 Å². The predicted molar refractivity (Wildman–Crippen MR) is 85.7 cm³/mol. The van der Waals surface area contributed by atoms with E-state index in [0.29, 0.717) is 16.5 Å². The number of hydrogen-bond acceptors (Lipinski definition) is 2. The minimum absolute atomic E-state index is 0.0221. The van der Waals surface area contributed by atoms with E-state index in [1.807, 2.05) is 13.0 Å². The molecule has 3 nitrogen and oxygen atoms in total. The normalized spacial score (nSPS) is 17.5. The number of aliphatic hydroxyl groups is 1. The first-order valence-corrected chi connectivity index (χ1v) is 8.16. The van der Waals surface area contributed by atoms with Crippen LogP contribution in [0.1, 0.15) is 54.4 Å². The highest BCUT2D eigenvalue weighted by Gasteiger charge is 2.21. The Balaban J connectivity index is 1.95. The second-order valence-electron chi connectivity index (χ2n) is 6.08. The van der Waals surface area contributed by atoms with Crippen molar-refractivity contribution < 1.29 is 9.90 Å². The molecule has 4 heteroatoms. The molecular formula is C17H24ClNO2. The highest BCUT2D eigenvalue weighted by atomic mass is 35.5. The molecule has 1 amide bonds. The standard InChI is InChI=1S/C17H24ClNO2/c1-12-7-8-15(16(18)9-12)17(21)19-14(11-20)10-13-5-3-2-4-6-13/h7-9,13-14,20H,2-6,10-11H2,1H3,(H,19,21). The topological polar surface area (TPSA) is 49.3 Å². The van der Waals surface area contributed by atoms with Crippen molar-refractivity contribution in [2.24, 2.45) is 5.92 Å². The fourth-order valence-electron chi connectivity index (χ4n) is 3.07. The number of nitrogens with one attached hydrogen (secondary N) is 1. The van der Waals surface area contributed by atoms with Crippen LogP contribution in [0.4, 0.5) is 0 Å². The van der Waals surface area contributed by atoms with Gasteiger partial charge in [0.2, 0.25) is 0 Å². The zero-order valence-electron chi connectivity index (χ0n) is 12.6. The van der Waals surface area contributed by atoms with Crippen LogP contribution in [-0.4, -0.2) is 23.7 Å². The van der Waals surface area contributed by atoms with Crippen molar-refractivity contribution in [3.8, 4) is 0 Å². The smallest absolute Gasteiger partial charge is 0.253 e. The van der Waals surface area contributed by atoms with Crippen LogP contribution in [0.25, 0.3) is 0 Å². The van der Waals surface area contributed by atoms with Crippen molar-refractivity contribution in [1.29, 1.82) is 0 Å². The fraction of sp³-hybridized carbons (Fsp3) is 0.588. The monoisotopic (exact) mass is 309 g/mol. The quantitative estimate of drug-likeness (QED) is 0.871. The van der Waals surface area contributed by atoms with Crippen LogP contribution in [0.3, 0.4) is 0 Å². The molecule has 0 radical (unpaired) electrons. The van der Waals surface area contributed by atoms with E-state index >= 15 is 0 Å². The Bertz CT molecular complexity index is 484. The number of halogens is 1. The van der Waals surface area contributed by atoms with Gasteiger partial charge in [-0.25, -0.2) is 0 Å². The van der Waals surface area contributed by atoms with E-state index in [-0.39, 0.29) is 18.6 Å². The molecule has 1 aliphatic rings. The van der Waals surface area contributed by atoms with Gasteiger partial charge in [-0.1, -0.05) is 49.8 Å². The summed E-state index contributed by atoms with van der Waals surface area (Å²) in [4.78, 5) is 12.3. The third-order valence-electron chi connectivity index (χ3n) is 4.27. The van der Waals surface area contributed by atoms with Gasteiger partial charge >= 0.3 is 0 Å². The van der Waals surface area contributed by atoms with E-state index in [0.717, 1.165) is 12.0 Å². The minimum Gasteiger partial charge on any atom is -0.394 e. The molecule has 0 spiro atoms. The Kier molecular flexibility index (Phi) is 6.07. The van der Waals surface area contributed by atoms with Crippen LogP contribution in [0.15, 0.2) is 18.2 Å². The summed E-state index contributed by atoms with van der Waals surface area (Å²) in [6.07, 6.45) is 7.10. The summed E-state index contributed by atoms with van der Waals surface area (Å²) < 4.78 is 0. The number of benzene rings is 1. The molecule has 116 valence electrons. The van der Waals surface area contributed by atoms with Crippen LogP contribution in [0.5, 0.6) is 0 Å². The highest BCUT2D eigenvalue weighted by Crippen LogP contribution is 2.27. The van der Waals surface area contributed by atoms with E-state index in [9.17, 15) is 9.90 Å². The molecule has 0 saturated heterocycles. The Morgan fingerprint density at radius 3 is 2.71 bits per heavy atom. The van der Waals surface area contributed by atoms with Crippen molar-refractivity contribution >= 4 is 17.5 Å². The summed E-state index contributed by atoms with van der Waals surface area (Å²) in [5.74, 6) is 0.416. The van der Waals surface area contributed by atoms with Crippen LogP contribution in [-0.2, 0) is 0 Å². The average Bonchev–Trinajstić information content (AvgIpc) is 2.47. The lowest BCUT2D eigenvalue weighted by Crippen LogP contribution is -2.39. The van der Waals surface area contributed by atoms with E-state index in [2.05, 4.69) is 5.32 Å². The Morgan fingerprint density at radius 2 is 2.10 bits per heavy atom. The van der Waals surface area contributed by atoms with Gasteiger partial charge in [0.25, 0.3) is 5.91 Å². The second kappa shape index (κ2) is 7.81. The van der Waals surface area contributed by atoms with Gasteiger partial charge in [0.1, 0.15) is 0 Å². The lowest BCUT2D eigenvalue weighted by molar-refractivity contribution is 0.0902. The Hall–Kier alpha value is -1.06. The number of aryl methyl sites for hydroxylation is 1. The van der Waals surface area contributed by atoms with Gasteiger partial charge in [0.05, 0.1) is 23.2 Å². The molecule has 1 atom stereocenters. The first kappa shape index (κ1) is 16.3. The van der Waals surface area contributed by atoms with Gasteiger partial charge < -0.3 is 10.4 Å². The second-order valence-corrected chi connectivity index (χ2v) is 6.48. The summed E-state index contributed by atoms with van der Waals surface area (Å²) in [5, 5.41) is 12.9. The van der Waals surface area contributed by atoms with Crippen LogP contribution < -0.4 is 5.32 Å². The van der Waals surface area contributed by atoms with Crippen LogP contribution >= 0.6 is 11.6 Å². The molecule has 1 aromatic carbocycles. The third-order valence-corrected chi connectivity index (χ3v) is 4.58. The number of carbonyl (C=O) groups is 1. The van der Waals surface area contributed by atoms with Gasteiger partial charge in [-0.3, -0.25) is 4.79 Å². The van der Waals surface area contributed by atoms with Crippen molar-refractivity contribution in [2.75, 3.05) is 6.61 Å². The third kappa shape index (κ3) is 4.72. The summed E-state index contributed by atoms with van der Waals surface area (Å²) in [7, 11) is 0. The average molecular weight is 310 g/mol. The van der Waals surface area contributed by atoms with E-state index in [1.54, 1.807) is 12.1 Å². The van der Waals surface area contributed by atoms with Gasteiger partial charge in [-0.2, -0.15) is 0 Å². The number of aliphatic hydroxyl groups excluding tert-OH is 1. The molecule has 1 aromatic rings. The zero-order valence-corrected chi connectivity index (χ0v) is 13.3. The Labute approximate surface area is 131 Å². The van der Waals surface area contributed by atoms with Gasteiger partial charge in [-0.05, 0) is 37.0 Å². The molecule has 2 rings (SSSR count).